The molecule has 2 aromatic rings. The molecule has 0 aliphatic carbocycles. The van der Waals surface area contributed by atoms with Gasteiger partial charge in [-0.25, -0.2) is 9.48 Å². The van der Waals surface area contributed by atoms with Crippen LogP contribution in [0.25, 0.3) is 5.69 Å². The second kappa shape index (κ2) is 8.11. The van der Waals surface area contributed by atoms with E-state index in [2.05, 4.69) is 10.4 Å². The van der Waals surface area contributed by atoms with Crippen molar-refractivity contribution < 1.29 is 32.6 Å². The van der Waals surface area contributed by atoms with E-state index in [0.717, 1.165) is 23.0 Å². The van der Waals surface area contributed by atoms with Crippen molar-refractivity contribution in [2.75, 3.05) is 13.2 Å². The fraction of sp³-hybridized carbons (Fsp3) is 0.353. The number of aromatic hydroxyl groups is 1. The molecule has 0 saturated carbocycles. The zero-order valence-electron chi connectivity index (χ0n) is 14.6. The lowest BCUT2D eigenvalue weighted by Gasteiger charge is -2.12. The standard InChI is InChI=1S/C17H18F3N3O4/c1-10(2)7-21-14(25)9-27-16(26)15-13(24)8-23(22-15)12-6-4-3-5-11(12)17(18,19)20/h3-6,8,10,24H,7,9H2,1-2H3,(H,21,25). The molecule has 2 rings (SSSR count). The molecule has 27 heavy (non-hydrogen) atoms. The summed E-state index contributed by atoms with van der Waals surface area (Å²) in [5.41, 5.74) is -1.95. The zero-order valence-corrected chi connectivity index (χ0v) is 14.6. The van der Waals surface area contributed by atoms with Crippen LogP contribution in [0.4, 0.5) is 13.2 Å². The van der Waals surface area contributed by atoms with Crippen LogP contribution >= 0.6 is 0 Å². The van der Waals surface area contributed by atoms with Gasteiger partial charge in [0.15, 0.2) is 12.4 Å². The lowest BCUT2D eigenvalue weighted by Crippen LogP contribution is -2.31. The van der Waals surface area contributed by atoms with E-state index >= 15 is 0 Å². The zero-order chi connectivity index (χ0) is 20.2. The summed E-state index contributed by atoms with van der Waals surface area (Å²) in [7, 11) is 0. The summed E-state index contributed by atoms with van der Waals surface area (Å²) in [4.78, 5) is 23.5. The van der Waals surface area contributed by atoms with Crippen LogP contribution in [-0.4, -0.2) is 39.9 Å². The Balaban J connectivity index is 2.15. The van der Waals surface area contributed by atoms with Gasteiger partial charge in [0.05, 0.1) is 17.4 Å². The van der Waals surface area contributed by atoms with Gasteiger partial charge in [-0.05, 0) is 18.1 Å². The van der Waals surface area contributed by atoms with Crippen LogP contribution < -0.4 is 5.32 Å². The maximum atomic E-state index is 13.1. The number of hydrogen-bond acceptors (Lipinski definition) is 5. The highest BCUT2D eigenvalue weighted by atomic mass is 19.4. The van der Waals surface area contributed by atoms with E-state index in [4.69, 9.17) is 4.74 Å². The molecule has 2 N–H and O–H groups in total. The lowest BCUT2D eigenvalue weighted by molar-refractivity contribution is -0.137. The first kappa shape index (κ1) is 20.3. The number of carbonyl (C=O) groups excluding carboxylic acids is 2. The van der Waals surface area contributed by atoms with Gasteiger partial charge in [0.1, 0.15) is 0 Å². The number of alkyl halides is 3. The van der Waals surface area contributed by atoms with Crippen molar-refractivity contribution in [1.82, 2.24) is 15.1 Å². The van der Waals surface area contributed by atoms with Crippen LogP contribution in [-0.2, 0) is 15.7 Å². The van der Waals surface area contributed by atoms with Crippen molar-refractivity contribution in [3.05, 3.63) is 41.7 Å². The van der Waals surface area contributed by atoms with Gasteiger partial charge in [0.2, 0.25) is 5.69 Å². The maximum Gasteiger partial charge on any atom is 0.418 e. The molecule has 0 unspecified atom stereocenters. The topological polar surface area (TPSA) is 93.5 Å². The van der Waals surface area contributed by atoms with Crippen LogP contribution in [0, 0.1) is 5.92 Å². The minimum Gasteiger partial charge on any atom is -0.504 e. The second-order valence-corrected chi connectivity index (χ2v) is 6.10. The molecule has 0 bridgehead atoms. The Labute approximate surface area is 152 Å². The van der Waals surface area contributed by atoms with Gasteiger partial charge in [-0.1, -0.05) is 26.0 Å². The number of hydrogen-bond donors (Lipinski definition) is 2. The molecule has 1 aromatic heterocycles. The number of rotatable bonds is 6. The third-order valence-electron chi connectivity index (χ3n) is 3.39. The van der Waals surface area contributed by atoms with E-state index in [1.165, 1.54) is 12.1 Å². The molecular formula is C17H18F3N3O4. The third-order valence-corrected chi connectivity index (χ3v) is 3.39. The van der Waals surface area contributed by atoms with E-state index < -0.39 is 41.7 Å². The minimum atomic E-state index is -4.65. The van der Waals surface area contributed by atoms with E-state index in [1.54, 1.807) is 0 Å². The Hall–Kier alpha value is -3.04. The SMILES string of the molecule is CC(C)CNC(=O)COC(=O)c1nn(-c2ccccc2C(F)(F)F)cc1O. The molecule has 1 amide bonds. The highest BCUT2D eigenvalue weighted by molar-refractivity contribution is 5.91. The van der Waals surface area contributed by atoms with Crippen molar-refractivity contribution in [3.8, 4) is 11.4 Å². The summed E-state index contributed by atoms with van der Waals surface area (Å²) in [5, 5.41) is 16.0. The number of benzene rings is 1. The van der Waals surface area contributed by atoms with Gasteiger partial charge in [-0.2, -0.15) is 18.3 Å². The monoisotopic (exact) mass is 385 g/mol. The van der Waals surface area contributed by atoms with E-state index in [9.17, 15) is 27.9 Å². The van der Waals surface area contributed by atoms with Crippen molar-refractivity contribution in [3.63, 3.8) is 0 Å². The quantitative estimate of drug-likeness (QED) is 0.746. The smallest absolute Gasteiger partial charge is 0.418 e. The van der Waals surface area contributed by atoms with Gasteiger partial charge < -0.3 is 15.2 Å². The number of aromatic nitrogens is 2. The fourth-order valence-electron chi connectivity index (χ4n) is 2.12. The molecule has 0 atom stereocenters. The van der Waals surface area contributed by atoms with E-state index in [0.29, 0.717) is 6.54 Å². The first-order valence-corrected chi connectivity index (χ1v) is 7.98. The van der Waals surface area contributed by atoms with Crippen LogP contribution in [0.15, 0.2) is 30.5 Å². The Morgan fingerprint density at radius 2 is 1.96 bits per heavy atom. The van der Waals surface area contributed by atoms with Crippen LogP contribution in [0.1, 0.15) is 29.9 Å². The summed E-state index contributed by atoms with van der Waals surface area (Å²) >= 11 is 0. The molecule has 7 nitrogen and oxygen atoms in total. The normalized spacial score (nSPS) is 11.5. The van der Waals surface area contributed by atoms with Gasteiger partial charge in [0.25, 0.3) is 5.91 Å². The number of esters is 1. The number of amides is 1. The summed E-state index contributed by atoms with van der Waals surface area (Å²) in [5.74, 6) is -2.13. The molecule has 1 heterocycles. The maximum absolute atomic E-state index is 13.1. The summed E-state index contributed by atoms with van der Waals surface area (Å²) in [6.45, 7) is 3.56. The molecule has 0 saturated heterocycles. The predicted molar refractivity (Wildman–Crippen MR) is 88.4 cm³/mol. The predicted octanol–water partition coefficient (Wildman–Crippen LogP) is 2.53. The van der Waals surface area contributed by atoms with Crippen LogP contribution in [0.3, 0.4) is 0 Å². The number of para-hydroxylation sites is 1. The number of carbonyl (C=O) groups is 2. The van der Waals surface area contributed by atoms with Crippen molar-refractivity contribution in [2.24, 2.45) is 5.92 Å². The molecule has 0 radical (unpaired) electrons. The molecule has 0 spiro atoms. The van der Waals surface area contributed by atoms with E-state index in [1.807, 2.05) is 13.8 Å². The first-order valence-electron chi connectivity index (χ1n) is 7.98. The number of ether oxygens (including phenoxy) is 1. The van der Waals surface area contributed by atoms with Crippen LogP contribution in [0.2, 0.25) is 0 Å². The number of nitrogens with zero attached hydrogens (tertiary/aromatic N) is 2. The van der Waals surface area contributed by atoms with E-state index in [-0.39, 0.29) is 11.6 Å². The van der Waals surface area contributed by atoms with Crippen molar-refractivity contribution in [2.45, 2.75) is 20.0 Å². The Bertz CT molecular complexity index is 831. The molecule has 0 fully saturated rings. The van der Waals surface area contributed by atoms with Crippen LogP contribution in [0.5, 0.6) is 5.75 Å². The average Bonchev–Trinajstić information content (AvgIpc) is 2.99. The molecular weight excluding hydrogens is 367 g/mol. The second-order valence-electron chi connectivity index (χ2n) is 6.10. The molecule has 0 aliphatic rings. The Kier molecular flexibility index (Phi) is 6.09. The van der Waals surface area contributed by atoms with Gasteiger partial charge >= 0.3 is 12.1 Å². The van der Waals surface area contributed by atoms with Crippen molar-refractivity contribution in [1.29, 1.82) is 0 Å². The molecule has 146 valence electrons. The minimum absolute atomic E-state index is 0.207. The molecule has 0 aliphatic heterocycles. The summed E-state index contributed by atoms with van der Waals surface area (Å²) in [6, 6.07) is 4.57. The highest BCUT2D eigenvalue weighted by Gasteiger charge is 2.34. The fourth-order valence-corrected chi connectivity index (χ4v) is 2.12. The van der Waals surface area contributed by atoms with Gasteiger partial charge in [-0.3, -0.25) is 4.79 Å². The average molecular weight is 385 g/mol. The molecule has 10 heteroatoms. The first-order chi connectivity index (χ1) is 12.6. The lowest BCUT2D eigenvalue weighted by atomic mass is 10.2. The highest BCUT2D eigenvalue weighted by Crippen LogP contribution is 2.34. The number of halogens is 3. The van der Waals surface area contributed by atoms with Gasteiger partial charge in [0, 0.05) is 6.54 Å². The Morgan fingerprint density at radius 3 is 2.59 bits per heavy atom. The third kappa shape index (κ3) is 5.22. The number of nitrogens with one attached hydrogen (secondary N) is 1. The largest absolute Gasteiger partial charge is 0.504 e. The summed E-state index contributed by atoms with van der Waals surface area (Å²) in [6.07, 6.45) is -3.78. The summed E-state index contributed by atoms with van der Waals surface area (Å²) < 4.78 is 44.8. The van der Waals surface area contributed by atoms with Crippen molar-refractivity contribution >= 4 is 11.9 Å². The molecule has 1 aromatic carbocycles. The Morgan fingerprint density at radius 1 is 1.30 bits per heavy atom. The van der Waals surface area contributed by atoms with Gasteiger partial charge in [-0.15, -0.1) is 0 Å².